The van der Waals surface area contributed by atoms with Crippen molar-refractivity contribution in [2.75, 3.05) is 11.8 Å². The van der Waals surface area contributed by atoms with E-state index < -0.39 is 27.7 Å². The predicted molar refractivity (Wildman–Crippen MR) is 118 cm³/mol. The van der Waals surface area contributed by atoms with Crippen LogP contribution in [0.2, 0.25) is 5.02 Å². The Kier molecular flexibility index (Phi) is 7.12. The lowest BCUT2D eigenvalue weighted by molar-refractivity contribution is 0.0600. The molecule has 0 aliphatic heterocycles. The number of sulfonamides is 1. The molecule has 0 unspecified atom stereocenters. The molecular formula is C22H18ClFN2O5S. The number of carbonyl (C=O) groups is 2. The summed E-state index contributed by atoms with van der Waals surface area (Å²) in [5.41, 5.74) is 0.357. The summed E-state index contributed by atoms with van der Waals surface area (Å²) < 4.78 is 46.4. The lowest BCUT2D eigenvalue weighted by atomic mass is 10.1. The van der Waals surface area contributed by atoms with Crippen molar-refractivity contribution in [3.8, 4) is 0 Å². The number of rotatable bonds is 7. The van der Waals surface area contributed by atoms with E-state index in [2.05, 4.69) is 10.0 Å². The van der Waals surface area contributed by atoms with E-state index >= 15 is 0 Å². The van der Waals surface area contributed by atoms with Gasteiger partial charge >= 0.3 is 5.97 Å². The highest BCUT2D eigenvalue weighted by atomic mass is 35.5. The summed E-state index contributed by atoms with van der Waals surface area (Å²) in [6, 6.07) is 15.5. The first kappa shape index (κ1) is 23.2. The number of halogens is 2. The SMILES string of the molecule is COC(=O)c1cc(CNC(=O)c2ccccc2F)cc(NS(=O)(=O)c2ccccc2Cl)c1. The Hall–Kier alpha value is -3.43. The van der Waals surface area contributed by atoms with Crippen LogP contribution in [0.5, 0.6) is 0 Å². The molecule has 0 saturated heterocycles. The Morgan fingerprint density at radius 2 is 1.72 bits per heavy atom. The number of hydrogen-bond acceptors (Lipinski definition) is 5. The number of amides is 1. The van der Waals surface area contributed by atoms with Gasteiger partial charge in [0, 0.05) is 6.54 Å². The molecule has 0 radical (unpaired) electrons. The second-order valence-electron chi connectivity index (χ2n) is 6.61. The first-order valence-corrected chi connectivity index (χ1v) is 11.1. The van der Waals surface area contributed by atoms with E-state index in [1.807, 2.05) is 0 Å². The molecular weight excluding hydrogens is 459 g/mol. The summed E-state index contributed by atoms with van der Waals surface area (Å²) in [4.78, 5) is 24.2. The number of ether oxygens (including phenoxy) is 1. The molecule has 1 amide bonds. The third-order valence-electron chi connectivity index (χ3n) is 4.36. The van der Waals surface area contributed by atoms with Crippen molar-refractivity contribution in [2.24, 2.45) is 0 Å². The topological polar surface area (TPSA) is 102 Å². The molecule has 32 heavy (non-hydrogen) atoms. The van der Waals surface area contributed by atoms with Gasteiger partial charge in [-0.25, -0.2) is 17.6 Å². The van der Waals surface area contributed by atoms with E-state index in [0.29, 0.717) is 5.56 Å². The van der Waals surface area contributed by atoms with Gasteiger partial charge in [0.2, 0.25) is 0 Å². The Labute approximate surface area is 189 Å². The predicted octanol–water partition coefficient (Wildman–Crippen LogP) is 4.00. The van der Waals surface area contributed by atoms with Gasteiger partial charge in [-0.05, 0) is 48.0 Å². The lowest BCUT2D eigenvalue weighted by Gasteiger charge is -2.13. The Morgan fingerprint density at radius 3 is 2.41 bits per heavy atom. The molecule has 0 aliphatic rings. The second-order valence-corrected chi connectivity index (χ2v) is 8.67. The van der Waals surface area contributed by atoms with Crippen LogP contribution in [0.25, 0.3) is 0 Å². The number of nitrogens with one attached hydrogen (secondary N) is 2. The van der Waals surface area contributed by atoms with Crippen LogP contribution in [0.1, 0.15) is 26.3 Å². The third-order valence-corrected chi connectivity index (χ3v) is 6.24. The number of esters is 1. The third kappa shape index (κ3) is 5.43. The van der Waals surface area contributed by atoms with E-state index in [1.165, 1.54) is 61.7 Å². The van der Waals surface area contributed by atoms with Crippen molar-refractivity contribution >= 4 is 39.2 Å². The average Bonchev–Trinajstić information content (AvgIpc) is 2.77. The van der Waals surface area contributed by atoms with Crippen LogP contribution in [-0.2, 0) is 21.3 Å². The van der Waals surface area contributed by atoms with Crippen molar-refractivity contribution in [3.05, 3.63) is 94.3 Å². The Morgan fingerprint density at radius 1 is 1.03 bits per heavy atom. The fraction of sp³-hybridized carbons (Fsp3) is 0.0909. The van der Waals surface area contributed by atoms with Crippen LogP contribution in [0.4, 0.5) is 10.1 Å². The average molecular weight is 477 g/mol. The molecule has 0 fully saturated rings. The summed E-state index contributed by atoms with van der Waals surface area (Å²) in [5.74, 6) is -2.04. The highest BCUT2D eigenvalue weighted by Crippen LogP contribution is 2.25. The van der Waals surface area contributed by atoms with Crippen molar-refractivity contribution in [1.82, 2.24) is 5.32 Å². The molecule has 0 saturated carbocycles. The summed E-state index contributed by atoms with van der Waals surface area (Å²) in [7, 11) is -2.88. The number of methoxy groups -OCH3 is 1. The van der Waals surface area contributed by atoms with Crippen LogP contribution in [0.15, 0.2) is 71.6 Å². The Balaban J connectivity index is 1.88. The maximum absolute atomic E-state index is 13.8. The number of anilines is 1. The zero-order chi connectivity index (χ0) is 23.3. The minimum absolute atomic E-state index is 0.0292. The van der Waals surface area contributed by atoms with Crippen LogP contribution in [0.3, 0.4) is 0 Å². The largest absolute Gasteiger partial charge is 0.465 e. The summed E-state index contributed by atoms with van der Waals surface area (Å²) in [5, 5.41) is 2.57. The quantitative estimate of drug-likeness (QED) is 0.502. The zero-order valence-corrected chi connectivity index (χ0v) is 18.3. The maximum atomic E-state index is 13.8. The number of hydrogen-bond donors (Lipinski definition) is 2. The Bertz CT molecular complexity index is 1280. The fourth-order valence-electron chi connectivity index (χ4n) is 2.88. The first-order valence-electron chi connectivity index (χ1n) is 9.23. The highest BCUT2D eigenvalue weighted by Gasteiger charge is 2.19. The molecule has 166 valence electrons. The van der Waals surface area contributed by atoms with Gasteiger partial charge < -0.3 is 10.1 Å². The molecule has 3 rings (SSSR count). The van der Waals surface area contributed by atoms with Crippen molar-refractivity contribution in [2.45, 2.75) is 11.4 Å². The van der Waals surface area contributed by atoms with E-state index in [0.717, 1.165) is 6.07 Å². The van der Waals surface area contributed by atoms with Gasteiger partial charge in [-0.15, -0.1) is 0 Å². The second kappa shape index (κ2) is 9.80. The van der Waals surface area contributed by atoms with Crippen LogP contribution < -0.4 is 10.0 Å². The van der Waals surface area contributed by atoms with Crippen molar-refractivity contribution < 1.29 is 27.1 Å². The summed E-state index contributed by atoms with van der Waals surface area (Å²) in [6.07, 6.45) is 0. The number of carbonyl (C=O) groups excluding carboxylic acids is 2. The first-order chi connectivity index (χ1) is 15.2. The van der Waals surface area contributed by atoms with Gasteiger partial charge in [-0.2, -0.15) is 0 Å². The summed E-state index contributed by atoms with van der Waals surface area (Å²) >= 11 is 5.99. The van der Waals surface area contributed by atoms with Crippen LogP contribution in [0, 0.1) is 5.82 Å². The smallest absolute Gasteiger partial charge is 0.337 e. The van der Waals surface area contributed by atoms with Gasteiger partial charge in [0.05, 0.1) is 28.9 Å². The van der Waals surface area contributed by atoms with Crippen molar-refractivity contribution in [3.63, 3.8) is 0 Å². The molecule has 0 atom stereocenters. The molecule has 7 nitrogen and oxygen atoms in total. The normalized spacial score (nSPS) is 11.0. The van der Waals surface area contributed by atoms with Gasteiger partial charge in [0.15, 0.2) is 0 Å². The molecule has 2 N–H and O–H groups in total. The summed E-state index contributed by atoms with van der Waals surface area (Å²) in [6.45, 7) is -0.0984. The molecule has 0 bridgehead atoms. The van der Waals surface area contributed by atoms with E-state index in [9.17, 15) is 22.4 Å². The maximum Gasteiger partial charge on any atom is 0.337 e. The number of benzene rings is 3. The monoisotopic (exact) mass is 476 g/mol. The molecule has 0 aliphatic carbocycles. The molecule has 10 heteroatoms. The highest BCUT2D eigenvalue weighted by molar-refractivity contribution is 7.92. The van der Waals surface area contributed by atoms with Crippen LogP contribution in [-0.4, -0.2) is 27.4 Å². The van der Waals surface area contributed by atoms with Gasteiger partial charge in [0.1, 0.15) is 10.7 Å². The minimum atomic E-state index is -4.06. The zero-order valence-electron chi connectivity index (χ0n) is 16.8. The van der Waals surface area contributed by atoms with E-state index in [1.54, 1.807) is 6.07 Å². The fourth-order valence-corrected chi connectivity index (χ4v) is 4.45. The molecule has 0 heterocycles. The minimum Gasteiger partial charge on any atom is -0.465 e. The van der Waals surface area contributed by atoms with Crippen molar-refractivity contribution in [1.29, 1.82) is 0 Å². The van der Waals surface area contributed by atoms with Gasteiger partial charge in [0.25, 0.3) is 15.9 Å². The van der Waals surface area contributed by atoms with Crippen LogP contribution >= 0.6 is 11.6 Å². The molecule has 0 aromatic heterocycles. The van der Waals surface area contributed by atoms with E-state index in [4.69, 9.17) is 16.3 Å². The van der Waals surface area contributed by atoms with Gasteiger partial charge in [-0.1, -0.05) is 35.9 Å². The molecule has 3 aromatic carbocycles. The standard InChI is InChI=1S/C22H18ClFN2O5S/c1-31-22(28)15-10-14(13-25-21(27)17-6-2-4-8-19(17)24)11-16(12-15)26-32(29,30)20-9-5-3-7-18(20)23/h2-12,26H,13H2,1H3,(H,25,27). The lowest BCUT2D eigenvalue weighted by Crippen LogP contribution is -2.24. The molecule has 0 spiro atoms. The molecule has 3 aromatic rings. The van der Waals surface area contributed by atoms with Gasteiger partial charge in [-0.3, -0.25) is 9.52 Å². The van der Waals surface area contributed by atoms with E-state index in [-0.39, 0.29) is 33.3 Å².